The van der Waals surface area contributed by atoms with E-state index in [0.717, 1.165) is 0 Å². The van der Waals surface area contributed by atoms with Crippen molar-refractivity contribution < 1.29 is 4.79 Å². The predicted octanol–water partition coefficient (Wildman–Crippen LogP) is 3.08. The number of aryl methyl sites for hydroxylation is 2. The van der Waals surface area contributed by atoms with E-state index in [1.165, 1.54) is 55.2 Å². The summed E-state index contributed by atoms with van der Waals surface area (Å²) in [6.07, 6.45) is 7.37. The summed E-state index contributed by atoms with van der Waals surface area (Å²) in [6, 6.07) is 6.87. The van der Waals surface area contributed by atoms with Crippen LogP contribution in [0.4, 0.5) is 0 Å². The standard InChI is InChI=1S/C19H28N2O/c1-13(20-19(22)18(21(2)3)15-9-10-15)16-11-8-14-6-4-5-7-17(14)12-16/h8,11-13,15,18H,4-7,9-10H2,1-3H3,(H,20,22). The van der Waals surface area contributed by atoms with Crippen molar-refractivity contribution in [3.63, 3.8) is 0 Å². The van der Waals surface area contributed by atoms with E-state index in [2.05, 4.69) is 35.3 Å². The van der Waals surface area contributed by atoms with E-state index in [0.29, 0.717) is 5.92 Å². The first-order chi connectivity index (χ1) is 10.6. The van der Waals surface area contributed by atoms with Gasteiger partial charge in [0.2, 0.25) is 5.91 Å². The second kappa shape index (κ2) is 6.41. The lowest BCUT2D eigenvalue weighted by atomic mass is 9.89. The first-order valence-electron chi connectivity index (χ1n) is 8.65. The highest BCUT2D eigenvalue weighted by atomic mass is 16.2. The molecule has 3 rings (SSSR count). The third-order valence-corrected chi connectivity index (χ3v) is 5.12. The van der Waals surface area contributed by atoms with Crippen LogP contribution in [0, 0.1) is 5.92 Å². The molecule has 22 heavy (non-hydrogen) atoms. The molecule has 1 amide bonds. The molecule has 0 aliphatic heterocycles. The zero-order valence-electron chi connectivity index (χ0n) is 14.1. The van der Waals surface area contributed by atoms with Crippen LogP contribution in [0.15, 0.2) is 18.2 Å². The minimum absolute atomic E-state index is 0.0278. The molecule has 2 atom stereocenters. The minimum Gasteiger partial charge on any atom is -0.348 e. The van der Waals surface area contributed by atoms with Crippen LogP contribution < -0.4 is 5.32 Å². The van der Waals surface area contributed by atoms with Crippen molar-refractivity contribution in [3.05, 3.63) is 34.9 Å². The van der Waals surface area contributed by atoms with Crippen LogP contribution in [0.25, 0.3) is 0 Å². The van der Waals surface area contributed by atoms with Gasteiger partial charge in [-0.15, -0.1) is 0 Å². The molecule has 2 unspecified atom stereocenters. The van der Waals surface area contributed by atoms with E-state index in [-0.39, 0.29) is 18.0 Å². The van der Waals surface area contributed by atoms with Gasteiger partial charge in [-0.1, -0.05) is 18.2 Å². The van der Waals surface area contributed by atoms with Crippen LogP contribution in [0.5, 0.6) is 0 Å². The van der Waals surface area contributed by atoms with E-state index >= 15 is 0 Å². The Kier molecular flexibility index (Phi) is 4.53. The number of fused-ring (bicyclic) bond motifs is 1. The molecule has 3 nitrogen and oxygen atoms in total. The maximum Gasteiger partial charge on any atom is 0.238 e. The van der Waals surface area contributed by atoms with Crippen LogP contribution >= 0.6 is 0 Å². The van der Waals surface area contributed by atoms with Crippen LogP contribution in [0.1, 0.15) is 55.3 Å². The largest absolute Gasteiger partial charge is 0.348 e. The van der Waals surface area contributed by atoms with E-state index in [1.807, 2.05) is 14.1 Å². The van der Waals surface area contributed by atoms with Gasteiger partial charge in [-0.25, -0.2) is 0 Å². The van der Waals surface area contributed by atoms with Crippen LogP contribution in [0.3, 0.4) is 0 Å². The van der Waals surface area contributed by atoms with Gasteiger partial charge >= 0.3 is 0 Å². The Bertz CT molecular complexity index is 546. The van der Waals surface area contributed by atoms with Crippen molar-refractivity contribution >= 4 is 5.91 Å². The molecule has 1 aromatic rings. The van der Waals surface area contributed by atoms with Crippen LogP contribution in [0.2, 0.25) is 0 Å². The molecular formula is C19H28N2O. The molecule has 120 valence electrons. The number of carbonyl (C=O) groups is 1. The zero-order chi connectivity index (χ0) is 15.7. The number of benzene rings is 1. The van der Waals surface area contributed by atoms with Crippen molar-refractivity contribution in [1.29, 1.82) is 0 Å². The van der Waals surface area contributed by atoms with Crippen molar-refractivity contribution in [2.75, 3.05) is 14.1 Å². The van der Waals surface area contributed by atoms with E-state index in [1.54, 1.807) is 0 Å². The molecule has 2 aliphatic rings. The number of amides is 1. The normalized spacial score (nSPS) is 20.4. The molecule has 0 radical (unpaired) electrons. The highest BCUT2D eigenvalue weighted by Crippen LogP contribution is 2.35. The average molecular weight is 300 g/mol. The van der Waals surface area contributed by atoms with E-state index in [4.69, 9.17) is 0 Å². The summed E-state index contributed by atoms with van der Waals surface area (Å²) in [5, 5.41) is 3.23. The Morgan fingerprint density at radius 2 is 1.86 bits per heavy atom. The summed E-state index contributed by atoms with van der Waals surface area (Å²) in [4.78, 5) is 14.6. The molecule has 0 saturated heterocycles. The highest BCUT2D eigenvalue weighted by Gasteiger charge is 2.37. The lowest BCUT2D eigenvalue weighted by molar-refractivity contribution is -0.126. The van der Waals surface area contributed by atoms with Crippen molar-refractivity contribution in [3.8, 4) is 0 Å². The fourth-order valence-electron chi connectivity index (χ4n) is 3.69. The Morgan fingerprint density at radius 3 is 2.50 bits per heavy atom. The summed E-state index contributed by atoms with van der Waals surface area (Å²) in [7, 11) is 4.01. The van der Waals surface area contributed by atoms with Gasteiger partial charge in [0.25, 0.3) is 0 Å². The van der Waals surface area contributed by atoms with Crippen LogP contribution in [-0.4, -0.2) is 30.9 Å². The number of rotatable bonds is 5. The summed E-state index contributed by atoms with van der Waals surface area (Å²) < 4.78 is 0. The summed E-state index contributed by atoms with van der Waals surface area (Å²) >= 11 is 0. The van der Waals surface area contributed by atoms with E-state index < -0.39 is 0 Å². The molecular weight excluding hydrogens is 272 g/mol. The minimum atomic E-state index is 0.0278. The predicted molar refractivity (Wildman–Crippen MR) is 89.8 cm³/mol. The number of nitrogens with one attached hydrogen (secondary N) is 1. The fraction of sp³-hybridized carbons (Fsp3) is 0.632. The smallest absolute Gasteiger partial charge is 0.238 e. The van der Waals surface area contributed by atoms with Gasteiger partial charge in [0, 0.05) is 0 Å². The monoisotopic (exact) mass is 300 g/mol. The molecule has 1 fully saturated rings. The summed E-state index contributed by atoms with van der Waals surface area (Å²) in [5.41, 5.74) is 4.22. The Morgan fingerprint density at radius 1 is 1.18 bits per heavy atom. The SMILES string of the molecule is CC(NC(=O)C(C1CC1)N(C)C)c1ccc2c(c1)CCCC2. The maximum absolute atomic E-state index is 12.6. The molecule has 1 N–H and O–H groups in total. The molecule has 0 bridgehead atoms. The molecule has 1 saturated carbocycles. The Hall–Kier alpha value is -1.35. The lowest BCUT2D eigenvalue weighted by Crippen LogP contribution is -2.45. The van der Waals surface area contributed by atoms with Gasteiger partial charge in [0.05, 0.1) is 12.1 Å². The zero-order valence-corrected chi connectivity index (χ0v) is 14.1. The molecule has 2 aliphatic carbocycles. The summed E-state index contributed by atoms with van der Waals surface area (Å²) in [6.45, 7) is 2.10. The second-order valence-electron chi connectivity index (χ2n) is 7.21. The van der Waals surface area contributed by atoms with Crippen molar-refractivity contribution in [2.24, 2.45) is 5.92 Å². The molecule has 3 heteroatoms. The van der Waals surface area contributed by atoms with Gasteiger partial charge in [-0.2, -0.15) is 0 Å². The molecule has 0 aromatic heterocycles. The Labute approximate surface area is 134 Å². The average Bonchev–Trinajstić information content (AvgIpc) is 3.31. The lowest BCUT2D eigenvalue weighted by Gasteiger charge is -2.26. The van der Waals surface area contributed by atoms with Gasteiger partial charge < -0.3 is 5.32 Å². The van der Waals surface area contributed by atoms with Crippen LogP contribution in [-0.2, 0) is 17.6 Å². The first-order valence-corrected chi connectivity index (χ1v) is 8.65. The van der Waals surface area contributed by atoms with Gasteiger partial charge in [0.15, 0.2) is 0 Å². The number of carbonyl (C=O) groups excluding carboxylic acids is 1. The Balaban J connectivity index is 1.68. The van der Waals surface area contributed by atoms with Gasteiger partial charge in [-0.3, -0.25) is 9.69 Å². The second-order valence-corrected chi connectivity index (χ2v) is 7.21. The van der Waals surface area contributed by atoms with E-state index in [9.17, 15) is 4.79 Å². The number of hydrogen-bond donors (Lipinski definition) is 1. The highest BCUT2D eigenvalue weighted by molar-refractivity contribution is 5.82. The van der Waals surface area contributed by atoms with Gasteiger partial charge in [-0.05, 0) is 82.2 Å². The topological polar surface area (TPSA) is 32.3 Å². The molecule has 1 aromatic carbocycles. The number of likely N-dealkylation sites (N-methyl/N-ethyl adjacent to an activating group) is 1. The summed E-state index contributed by atoms with van der Waals surface area (Å²) in [5.74, 6) is 0.725. The van der Waals surface area contributed by atoms with Crippen molar-refractivity contribution in [2.45, 2.75) is 57.5 Å². The number of nitrogens with zero attached hydrogens (tertiary/aromatic N) is 1. The van der Waals surface area contributed by atoms with Crippen molar-refractivity contribution in [1.82, 2.24) is 10.2 Å². The fourth-order valence-corrected chi connectivity index (χ4v) is 3.69. The third-order valence-electron chi connectivity index (χ3n) is 5.12. The third kappa shape index (κ3) is 3.35. The first kappa shape index (κ1) is 15.5. The maximum atomic E-state index is 12.6. The van der Waals surface area contributed by atoms with Gasteiger partial charge in [0.1, 0.15) is 0 Å². The number of hydrogen-bond acceptors (Lipinski definition) is 2. The molecule has 0 spiro atoms. The molecule has 0 heterocycles. The quantitative estimate of drug-likeness (QED) is 0.906.